The van der Waals surface area contributed by atoms with Crippen LogP contribution in [0.3, 0.4) is 0 Å². The minimum absolute atomic E-state index is 0.232. The van der Waals surface area contributed by atoms with Crippen molar-refractivity contribution in [3.8, 4) is 0 Å². The predicted molar refractivity (Wildman–Crippen MR) is 97.0 cm³/mol. The molecule has 0 bridgehead atoms. The molecular weight excluding hydrogens is 367 g/mol. The van der Waals surface area contributed by atoms with Crippen molar-refractivity contribution in [1.29, 1.82) is 0 Å². The number of Topliss-reactive ketones (excluding diaryl/α,β-unsaturated/α-hetero) is 1. The molecule has 1 aromatic heterocycles. The van der Waals surface area contributed by atoms with Crippen LogP contribution < -0.4 is 0 Å². The third kappa shape index (κ3) is 3.34. The lowest BCUT2D eigenvalue weighted by Crippen LogP contribution is -2.34. The van der Waals surface area contributed by atoms with Gasteiger partial charge in [-0.25, -0.2) is 4.98 Å². The Morgan fingerprint density at radius 1 is 1.12 bits per heavy atom. The van der Waals surface area contributed by atoms with Crippen molar-refractivity contribution in [2.75, 3.05) is 0 Å². The molecule has 1 heterocycles. The maximum atomic E-state index is 13.2. The highest BCUT2D eigenvalue weighted by Crippen LogP contribution is 2.37. The molecule has 0 fully saturated rings. The van der Waals surface area contributed by atoms with Gasteiger partial charge in [-0.3, -0.25) is 4.79 Å². The van der Waals surface area contributed by atoms with Gasteiger partial charge in [-0.15, -0.1) is 11.6 Å². The standard InChI is InChI=1S/C18H13Cl3N2O/c19-14-6-7-15(16(20)10-14)17(24)18(21,11-23-9-8-22-12-23)13-4-2-1-3-5-13/h1-10,12H,11H2. The molecule has 3 rings (SSSR count). The zero-order chi connectivity index (χ0) is 17.2. The number of hydrogen-bond acceptors (Lipinski definition) is 2. The Morgan fingerprint density at radius 2 is 1.88 bits per heavy atom. The molecule has 0 aliphatic heterocycles. The summed E-state index contributed by atoms with van der Waals surface area (Å²) in [4.78, 5) is 15.9. The number of hydrogen-bond donors (Lipinski definition) is 0. The molecule has 0 aliphatic carbocycles. The third-order valence-corrected chi connectivity index (χ3v) is 4.78. The lowest BCUT2D eigenvalue weighted by molar-refractivity contribution is 0.0926. The second-order valence-electron chi connectivity index (χ2n) is 5.36. The molecular formula is C18H13Cl3N2O. The molecule has 0 N–H and O–H groups in total. The SMILES string of the molecule is O=C(c1ccc(Cl)cc1Cl)C(Cl)(Cn1ccnc1)c1ccccc1. The molecule has 3 aromatic rings. The van der Waals surface area contributed by atoms with E-state index in [0.29, 0.717) is 16.1 Å². The molecule has 6 heteroatoms. The van der Waals surface area contributed by atoms with Crippen LogP contribution >= 0.6 is 34.8 Å². The van der Waals surface area contributed by atoms with Gasteiger partial charge in [0.1, 0.15) is 0 Å². The quantitative estimate of drug-likeness (QED) is 0.451. The minimum atomic E-state index is -1.31. The summed E-state index contributed by atoms with van der Waals surface area (Å²) in [6.07, 6.45) is 5.02. The Bertz CT molecular complexity index is 850. The van der Waals surface area contributed by atoms with Crippen LogP contribution in [0.2, 0.25) is 10.0 Å². The smallest absolute Gasteiger partial charge is 0.191 e. The third-order valence-electron chi connectivity index (χ3n) is 3.73. The number of rotatable bonds is 5. The van der Waals surface area contributed by atoms with Crippen LogP contribution in [0.4, 0.5) is 0 Å². The van der Waals surface area contributed by atoms with Gasteiger partial charge < -0.3 is 4.57 Å². The Kier molecular flexibility index (Phi) is 4.95. The number of ketones is 1. The van der Waals surface area contributed by atoms with Gasteiger partial charge in [-0.2, -0.15) is 0 Å². The zero-order valence-corrected chi connectivity index (χ0v) is 14.8. The van der Waals surface area contributed by atoms with E-state index in [4.69, 9.17) is 34.8 Å². The lowest BCUT2D eigenvalue weighted by atomic mass is 9.89. The molecule has 0 aliphatic rings. The van der Waals surface area contributed by atoms with E-state index in [2.05, 4.69) is 4.98 Å². The van der Waals surface area contributed by atoms with E-state index in [-0.39, 0.29) is 17.4 Å². The molecule has 1 atom stereocenters. The fourth-order valence-corrected chi connectivity index (χ4v) is 3.38. The number of nitrogens with zero attached hydrogens (tertiary/aromatic N) is 2. The topological polar surface area (TPSA) is 34.9 Å². The van der Waals surface area contributed by atoms with E-state index >= 15 is 0 Å². The van der Waals surface area contributed by atoms with E-state index in [1.807, 2.05) is 30.3 Å². The Morgan fingerprint density at radius 3 is 2.50 bits per heavy atom. The molecule has 0 spiro atoms. The van der Waals surface area contributed by atoms with E-state index in [9.17, 15) is 4.79 Å². The highest BCUT2D eigenvalue weighted by Gasteiger charge is 2.40. The first-order valence-electron chi connectivity index (χ1n) is 7.21. The summed E-state index contributed by atoms with van der Waals surface area (Å²) < 4.78 is 1.77. The van der Waals surface area contributed by atoms with E-state index in [1.54, 1.807) is 35.4 Å². The molecule has 122 valence electrons. The Balaban J connectivity index is 2.08. The van der Waals surface area contributed by atoms with Gasteiger partial charge in [-0.05, 0) is 23.8 Å². The van der Waals surface area contributed by atoms with Gasteiger partial charge in [0.2, 0.25) is 0 Å². The highest BCUT2D eigenvalue weighted by molar-refractivity contribution is 6.42. The molecule has 3 nitrogen and oxygen atoms in total. The highest BCUT2D eigenvalue weighted by atomic mass is 35.5. The maximum Gasteiger partial charge on any atom is 0.191 e. The predicted octanol–water partition coefficient (Wildman–Crippen LogP) is 5.21. The van der Waals surface area contributed by atoms with Crippen molar-refractivity contribution in [2.24, 2.45) is 0 Å². The van der Waals surface area contributed by atoms with Crippen molar-refractivity contribution >= 4 is 40.6 Å². The van der Waals surface area contributed by atoms with Crippen molar-refractivity contribution in [1.82, 2.24) is 9.55 Å². The van der Waals surface area contributed by atoms with Crippen molar-refractivity contribution in [3.63, 3.8) is 0 Å². The summed E-state index contributed by atoms with van der Waals surface area (Å²) in [6, 6.07) is 14.0. The van der Waals surface area contributed by atoms with E-state index in [0.717, 1.165) is 0 Å². The van der Waals surface area contributed by atoms with Crippen LogP contribution in [-0.2, 0) is 11.4 Å². The summed E-state index contributed by atoms with van der Waals surface area (Å²) in [6.45, 7) is 0.232. The first-order valence-corrected chi connectivity index (χ1v) is 8.34. The Labute approximate surface area is 154 Å². The van der Waals surface area contributed by atoms with Crippen LogP contribution in [0.15, 0.2) is 67.3 Å². The van der Waals surface area contributed by atoms with Crippen LogP contribution in [-0.4, -0.2) is 15.3 Å². The van der Waals surface area contributed by atoms with Crippen molar-refractivity contribution < 1.29 is 4.79 Å². The average molecular weight is 380 g/mol. The Hall–Kier alpha value is -1.81. The number of imidazole rings is 1. The van der Waals surface area contributed by atoms with Crippen LogP contribution in [0.1, 0.15) is 15.9 Å². The van der Waals surface area contributed by atoms with Gasteiger partial charge in [0.25, 0.3) is 0 Å². The van der Waals surface area contributed by atoms with Crippen LogP contribution in [0.5, 0.6) is 0 Å². The number of carbonyl (C=O) groups excluding carboxylic acids is 1. The van der Waals surface area contributed by atoms with Gasteiger partial charge in [-0.1, -0.05) is 53.5 Å². The first kappa shape index (κ1) is 17.0. The summed E-state index contributed by atoms with van der Waals surface area (Å²) in [7, 11) is 0. The van der Waals surface area contributed by atoms with Gasteiger partial charge in [0.15, 0.2) is 10.7 Å². The molecule has 0 saturated heterocycles. The fraction of sp³-hybridized carbons (Fsp3) is 0.111. The van der Waals surface area contributed by atoms with E-state index in [1.165, 1.54) is 6.07 Å². The maximum absolute atomic E-state index is 13.2. The summed E-state index contributed by atoms with van der Waals surface area (Å²) in [5.41, 5.74) is 1.02. The van der Waals surface area contributed by atoms with Gasteiger partial charge in [0, 0.05) is 23.0 Å². The van der Waals surface area contributed by atoms with Crippen LogP contribution in [0.25, 0.3) is 0 Å². The fourth-order valence-electron chi connectivity index (χ4n) is 2.52. The van der Waals surface area contributed by atoms with Gasteiger partial charge >= 0.3 is 0 Å². The molecule has 0 saturated carbocycles. The largest absolute Gasteiger partial charge is 0.335 e. The average Bonchev–Trinajstić information content (AvgIpc) is 3.08. The number of alkyl halides is 1. The number of aromatic nitrogens is 2. The summed E-state index contributed by atoms with van der Waals surface area (Å²) in [5, 5.41) is 0.741. The van der Waals surface area contributed by atoms with E-state index < -0.39 is 4.87 Å². The van der Waals surface area contributed by atoms with Crippen LogP contribution in [0, 0.1) is 0 Å². The molecule has 24 heavy (non-hydrogen) atoms. The van der Waals surface area contributed by atoms with Crippen molar-refractivity contribution in [2.45, 2.75) is 11.4 Å². The second kappa shape index (κ2) is 6.98. The lowest BCUT2D eigenvalue weighted by Gasteiger charge is -2.27. The second-order valence-corrected chi connectivity index (χ2v) is 6.84. The first-order chi connectivity index (χ1) is 11.5. The minimum Gasteiger partial charge on any atom is -0.335 e. The van der Waals surface area contributed by atoms with Crippen molar-refractivity contribution in [3.05, 3.63) is 88.4 Å². The molecule has 2 aromatic carbocycles. The molecule has 1 unspecified atom stereocenters. The monoisotopic (exact) mass is 378 g/mol. The number of benzene rings is 2. The summed E-state index contributed by atoms with van der Waals surface area (Å²) >= 11 is 19.0. The molecule has 0 radical (unpaired) electrons. The molecule has 0 amide bonds. The normalized spacial score (nSPS) is 13.5. The summed E-state index contributed by atoms with van der Waals surface area (Å²) in [5.74, 6) is -0.286. The number of halogens is 3. The number of carbonyl (C=O) groups is 1. The van der Waals surface area contributed by atoms with Gasteiger partial charge in [0.05, 0.1) is 17.9 Å². The zero-order valence-electron chi connectivity index (χ0n) is 12.5.